The van der Waals surface area contributed by atoms with Crippen LogP contribution in [0.3, 0.4) is 0 Å². The van der Waals surface area contributed by atoms with Gasteiger partial charge in [0.25, 0.3) is 0 Å². The van der Waals surface area contributed by atoms with Gasteiger partial charge in [0.15, 0.2) is 0 Å². The van der Waals surface area contributed by atoms with E-state index in [2.05, 4.69) is 42.6 Å². The molecule has 1 aliphatic heterocycles. The van der Waals surface area contributed by atoms with Gasteiger partial charge < -0.3 is 15.4 Å². The fourth-order valence-electron chi connectivity index (χ4n) is 2.25. The second-order valence-electron chi connectivity index (χ2n) is 5.21. The van der Waals surface area contributed by atoms with Gasteiger partial charge in [0.1, 0.15) is 11.6 Å². The van der Waals surface area contributed by atoms with Crippen molar-refractivity contribution in [3.05, 3.63) is 46.2 Å². The van der Waals surface area contributed by atoms with Gasteiger partial charge in [-0.05, 0) is 46.6 Å². The summed E-state index contributed by atoms with van der Waals surface area (Å²) in [4.78, 5) is 8.79. The first kappa shape index (κ1) is 18.3. The lowest BCUT2D eigenvalue weighted by Gasteiger charge is -2.24. The van der Waals surface area contributed by atoms with Crippen molar-refractivity contribution in [2.24, 2.45) is 0 Å². The summed E-state index contributed by atoms with van der Waals surface area (Å²) < 4.78 is 6.70. The zero-order valence-corrected chi connectivity index (χ0v) is 15.3. The maximum atomic E-state index is 7.32. The van der Waals surface area contributed by atoms with Crippen molar-refractivity contribution in [2.45, 2.75) is 20.0 Å². The molecule has 1 atom stereocenters. The Morgan fingerprint density at radius 1 is 1.38 bits per heavy atom. The van der Waals surface area contributed by atoms with Crippen LogP contribution in [-0.2, 0) is 4.74 Å². The van der Waals surface area contributed by atoms with E-state index in [1.54, 1.807) is 12.3 Å². The number of ether oxygens (including phenoxy) is 1. The summed E-state index contributed by atoms with van der Waals surface area (Å²) in [5.74, 6) is 1.59. The predicted molar refractivity (Wildman–Crippen MR) is 97.0 cm³/mol. The van der Waals surface area contributed by atoms with E-state index in [0.29, 0.717) is 0 Å². The third-order valence-electron chi connectivity index (χ3n) is 3.37. The Kier molecular flexibility index (Phi) is 7.12. The summed E-state index contributed by atoms with van der Waals surface area (Å²) in [6, 6.07) is 7.72. The van der Waals surface area contributed by atoms with E-state index in [9.17, 15) is 0 Å². The van der Waals surface area contributed by atoms with Gasteiger partial charge in [0.2, 0.25) is 0 Å². The average molecular weight is 390 g/mol. The molecule has 1 unspecified atom stereocenters. The van der Waals surface area contributed by atoms with E-state index >= 15 is 0 Å². The Bertz CT molecular complexity index is 693. The second kappa shape index (κ2) is 9.33. The van der Waals surface area contributed by atoms with Crippen molar-refractivity contribution in [2.75, 3.05) is 25.0 Å². The van der Waals surface area contributed by atoms with E-state index < -0.39 is 0 Å². The van der Waals surface area contributed by atoms with Crippen molar-refractivity contribution in [1.29, 1.82) is 5.26 Å². The van der Waals surface area contributed by atoms with Gasteiger partial charge in [-0.3, -0.25) is 0 Å². The molecule has 0 saturated carbocycles. The number of halogens is 1. The highest BCUT2D eigenvalue weighted by Crippen LogP contribution is 2.23. The molecule has 2 aromatic heterocycles. The third-order valence-corrected chi connectivity index (χ3v) is 3.84. The number of nitriles is 1. The van der Waals surface area contributed by atoms with Gasteiger partial charge in [0, 0.05) is 42.4 Å². The first-order valence-electron chi connectivity index (χ1n) is 7.62. The molecule has 0 bridgehead atoms. The molecule has 0 spiro atoms. The zero-order valence-electron chi connectivity index (χ0n) is 13.7. The number of nitrogens with one attached hydrogen (secondary N) is 2. The molecule has 24 heavy (non-hydrogen) atoms. The van der Waals surface area contributed by atoms with Crippen LogP contribution < -0.4 is 10.6 Å². The Labute approximate surface area is 150 Å². The lowest BCUT2D eigenvalue weighted by atomic mass is 10.1. The number of aromatic nitrogens is 2. The summed E-state index contributed by atoms with van der Waals surface area (Å²) in [7, 11) is 0. The Hall–Kier alpha value is -2.01. The minimum Gasteiger partial charge on any atom is -0.371 e. The van der Waals surface area contributed by atoms with Crippen molar-refractivity contribution < 1.29 is 4.74 Å². The molecule has 1 saturated heterocycles. The smallest absolute Gasteiger partial charge is 0.134 e. The SMILES string of the molecule is CC#N.Cc1cc(C2CNCCO2)cnc1Nc1ccc(Br)cn1. The van der Waals surface area contributed by atoms with Crippen LogP contribution in [0.2, 0.25) is 0 Å². The number of anilines is 2. The molecule has 3 rings (SSSR count). The lowest BCUT2D eigenvalue weighted by Crippen LogP contribution is -2.33. The summed E-state index contributed by atoms with van der Waals surface area (Å²) in [6.07, 6.45) is 3.71. The van der Waals surface area contributed by atoms with Crippen LogP contribution in [-0.4, -0.2) is 29.7 Å². The fourth-order valence-corrected chi connectivity index (χ4v) is 2.49. The normalized spacial score (nSPS) is 16.5. The molecule has 0 aromatic carbocycles. The molecule has 0 aliphatic carbocycles. The molecule has 126 valence electrons. The molecule has 6 nitrogen and oxygen atoms in total. The topological polar surface area (TPSA) is 82.9 Å². The van der Waals surface area contributed by atoms with Crippen molar-refractivity contribution in [1.82, 2.24) is 15.3 Å². The predicted octanol–water partition coefficient (Wildman–Crippen LogP) is 3.48. The van der Waals surface area contributed by atoms with Crippen molar-refractivity contribution in [3.8, 4) is 6.07 Å². The molecular formula is C17H20BrN5O. The number of rotatable bonds is 3. The highest BCUT2D eigenvalue weighted by molar-refractivity contribution is 9.10. The van der Waals surface area contributed by atoms with Crippen molar-refractivity contribution >= 4 is 27.6 Å². The maximum Gasteiger partial charge on any atom is 0.134 e. The maximum absolute atomic E-state index is 7.32. The van der Waals surface area contributed by atoms with Crippen LogP contribution in [0.4, 0.5) is 11.6 Å². The molecule has 1 fully saturated rings. The molecule has 7 heteroatoms. The lowest BCUT2D eigenvalue weighted by molar-refractivity contribution is 0.0275. The Morgan fingerprint density at radius 2 is 2.17 bits per heavy atom. The zero-order chi connectivity index (χ0) is 17.4. The average Bonchev–Trinajstić information content (AvgIpc) is 2.60. The monoisotopic (exact) mass is 389 g/mol. The van der Waals surface area contributed by atoms with Gasteiger partial charge in [-0.15, -0.1) is 0 Å². The number of hydrogen-bond donors (Lipinski definition) is 2. The van der Waals surface area contributed by atoms with Crippen LogP contribution in [0, 0.1) is 18.3 Å². The van der Waals surface area contributed by atoms with Gasteiger partial charge in [-0.25, -0.2) is 9.97 Å². The second-order valence-corrected chi connectivity index (χ2v) is 6.12. The first-order chi connectivity index (χ1) is 11.6. The minimum atomic E-state index is 0.0878. The standard InChI is InChI=1S/C15H17BrN4O.C2H3N/c1-10-6-11(13-9-17-4-5-21-13)7-19-15(10)20-14-3-2-12(16)8-18-14;1-2-3/h2-3,6-8,13,17H,4-5,9H2,1H3,(H,18,19,20);1H3. The van der Waals surface area contributed by atoms with Crippen molar-refractivity contribution in [3.63, 3.8) is 0 Å². The highest BCUT2D eigenvalue weighted by Gasteiger charge is 2.16. The highest BCUT2D eigenvalue weighted by atomic mass is 79.9. The number of aryl methyl sites for hydroxylation is 1. The van der Waals surface area contributed by atoms with Crippen LogP contribution >= 0.6 is 15.9 Å². The largest absolute Gasteiger partial charge is 0.371 e. The molecular weight excluding hydrogens is 370 g/mol. The van der Waals surface area contributed by atoms with Gasteiger partial charge in [0.05, 0.1) is 18.8 Å². The summed E-state index contributed by atoms with van der Waals surface area (Å²) in [5.41, 5.74) is 2.18. The number of hydrogen-bond acceptors (Lipinski definition) is 6. The molecule has 2 aromatic rings. The van der Waals surface area contributed by atoms with Crippen LogP contribution in [0.15, 0.2) is 35.1 Å². The number of pyridine rings is 2. The molecule has 2 N–H and O–H groups in total. The summed E-state index contributed by atoms with van der Waals surface area (Å²) in [5, 5.41) is 13.9. The number of morpholine rings is 1. The van der Waals surface area contributed by atoms with Gasteiger partial charge >= 0.3 is 0 Å². The first-order valence-corrected chi connectivity index (χ1v) is 8.41. The van der Waals surface area contributed by atoms with Gasteiger partial charge in [-0.1, -0.05) is 0 Å². The quantitative estimate of drug-likeness (QED) is 0.835. The molecule has 3 heterocycles. The third kappa shape index (κ3) is 5.27. The van der Waals surface area contributed by atoms with E-state index in [0.717, 1.165) is 46.9 Å². The molecule has 0 amide bonds. The van der Waals surface area contributed by atoms with E-state index in [4.69, 9.17) is 10.00 Å². The Balaban J connectivity index is 0.000000647. The number of nitrogens with zero attached hydrogens (tertiary/aromatic N) is 3. The van der Waals surface area contributed by atoms with E-state index in [1.807, 2.05) is 25.3 Å². The van der Waals surface area contributed by atoms with E-state index in [-0.39, 0.29) is 6.10 Å². The molecule has 1 aliphatic rings. The van der Waals surface area contributed by atoms with Crippen LogP contribution in [0.1, 0.15) is 24.2 Å². The summed E-state index contributed by atoms with van der Waals surface area (Å²) >= 11 is 3.37. The van der Waals surface area contributed by atoms with Gasteiger partial charge in [-0.2, -0.15) is 5.26 Å². The summed E-state index contributed by atoms with van der Waals surface area (Å²) in [6.45, 7) is 5.96. The van der Waals surface area contributed by atoms with E-state index in [1.165, 1.54) is 6.92 Å². The molecule has 0 radical (unpaired) electrons. The fraction of sp³-hybridized carbons (Fsp3) is 0.353. The Morgan fingerprint density at radius 3 is 2.75 bits per heavy atom. The van der Waals surface area contributed by atoms with Crippen LogP contribution in [0.5, 0.6) is 0 Å². The minimum absolute atomic E-state index is 0.0878. The van der Waals surface area contributed by atoms with Crippen LogP contribution in [0.25, 0.3) is 0 Å².